The maximum Gasteiger partial charge on any atom is 0.125 e. The highest BCUT2D eigenvalue weighted by molar-refractivity contribution is 6.16. The molecule has 4 rings (SSSR count). The molecule has 0 bridgehead atoms. The molecular weight excluding hydrogens is 352 g/mol. The normalized spacial score (nSPS) is 11.5. The Morgan fingerprint density at radius 2 is 1.15 bits per heavy atom. The lowest BCUT2D eigenvalue weighted by atomic mass is 9.76. The number of halogens is 1. The second kappa shape index (κ2) is 7.42. The van der Waals surface area contributed by atoms with E-state index in [1.54, 1.807) is 0 Å². The smallest absolute Gasteiger partial charge is 0.125 e. The summed E-state index contributed by atoms with van der Waals surface area (Å²) in [4.78, 5) is 4.61. The van der Waals surface area contributed by atoms with E-state index in [1.807, 2.05) is 24.4 Å². The molecule has 0 aliphatic rings. The van der Waals surface area contributed by atoms with Gasteiger partial charge in [0.15, 0.2) is 0 Å². The van der Waals surface area contributed by atoms with Crippen LogP contribution < -0.4 is 0 Å². The quantitative estimate of drug-likeness (QED) is 0.321. The Labute approximate surface area is 165 Å². The molecule has 0 amide bonds. The molecule has 0 saturated carbocycles. The number of aromatic nitrogens is 2. The van der Waals surface area contributed by atoms with Crippen molar-refractivity contribution in [2.75, 3.05) is 0 Å². The van der Waals surface area contributed by atoms with Crippen LogP contribution in [0, 0.1) is 6.92 Å². The highest BCUT2D eigenvalue weighted by Gasteiger charge is 2.40. The standard InChI is InChI=1S/C24H21ClN2/c1-19-18-26-23(17-25)27(19)24(20-11-5-2-6-12-20,21-13-7-3-8-14-21)22-15-9-4-10-16-22/h2-16,18H,17H2,1H3. The van der Waals surface area contributed by atoms with Gasteiger partial charge in [-0.15, -0.1) is 11.6 Å². The minimum Gasteiger partial charge on any atom is -0.313 e. The summed E-state index contributed by atoms with van der Waals surface area (Å²) in [5.41, 5.74) is 4.05. The van der Waals surface area contributed by atoms with Crippen molar-refractivity contribution in [3.8, 4) is 0 Å². The van der Waals surface area contributed by atoms with E-state index in [-0.39, 0.29) is 0 Å². The lowest BCUT2D eigenvalue weighted by Gasteiger charge is -2.39. The molecule has 0 aliphatic heterocycles. The van der Waals surface area contributed by atoms with E-state index < -0.39 is 5.54 Å². The van der Waals surface area contributed by atoms with Gasteiger partial charge in [-0.25, -0.2) is 4.98 Å². The molecule has 4 aromatic rings. The van der Waals surface area contributed by atoms with E-state index in [0.717, 1.165) is 11.5 Å². The molecular formula is C24H21ClN2. The van der Waals surface area contributed by atoms with E-state index in [9.17, 15) is 0 Å². The largest absolute Gasteiger partial charge is 0.313 e. The van der Waals surface area contributed by atoms with Crippen molar-refractivity contribution >= 4 is 11.6 Å². The van der Waals surface area contributed by atoms with Crippen LogP contribution in [-0.4, -0.2) is 9.55 Å². The van der Waals surface area contributed by atoms with Gasteiger partial charge in [-0.3, -0.25) is 0 Å². The third-order valence-corrected chi connectivity index (χ3v) is 5.28. The molecule has 0 unspecified atom stereocenters. The first-order valence-corrected chi connectivity index (χ1v) is 9.58. The summed E-state index contributed by atoms with van der Waals surface area (Å²) in [5, 5.41) is 0. The Morgan fingerprint density at radius 3 is 1.52 bits per heavy atom. The number of rotatable bonds is 5. The van der Waals surface area contributed by atoms with Crippen LogP contribution in [0.4, 0.5) is 0 Å². The van der Waals surface area contributed by atoms with E-state index in [1.165, 1.54) is 16.7 Å². The summed E-state index contributed by atoms with van der Waals surface area (Å²) in [6, 6.07) is 31.7. The Morgan fingerprint density at radius 1 is 0.741 bits per heavy atom. The number of benzene rings is 3. The zero-order valence-corrected chi connectivity index (χ0v) is 16.0. The molecule has 0 aliphatic carbocycles. The molecule has 1 heterocycles. The van der Waals surface area contributed by atoms with Crippen molar-refractivity contribution in [2.45, 2.75) is 18.3 Å². The van der Waals surface area contributed by atoms with Gasteiger partial charge in [0.25, 0.3) is 0 Å². The zero-order valence-electron chi connectivity index (χ0n) is 15.2. The molecule has 0 N–H and O–H groups in total. The van der Waals surface area contributed by atoms with Crippen LogP contribution in [0.5, 0.6) is 0 Å². The number of hydrogen-bond donors (Lipinski definition) is 0. The van der Waals surface area contributed by atoms with Crippen LogP contribution in [0.15, 0.2) is 97.2 Å². The minimum atomic E-state index is -0.547. The molecule has 0 atom stereocenters. The van der Waals surface area contributed by atoms with Gasteiger partial charge in [-0.2, -0.15) is 0 Å². The summed E-state index contributed by atoms with van der Waals surface area (Å²) in [6.07, 6.45) is 1.90. The summed E-state index contributed by atoms with van der Waals surface area (Å²) < 4.78 is 2.28. The molecule has 0 radical (unpaired) electrons. The summed E-state index contributed by atoms with van der Waals surface area (Å²) in [6.45, 7) is 2.09. The summed E-state index contributed by atoms with van der Waals surface area (Å²) in [5.74, 6) is 1.20. The molecule has 1 aromatic heterocycles. The average molecular weight is 373 g/mol. The van der Waals surface area contributed by atoms with Crippen LogP contribution in [0.1, 0.15) is 28.2 Å². The molecule has 2 nitrogen and oxygen atoms in total. The van der Waals surface area contributed by atoms with E-state index in [4.69, 9.17) is 11.6 Å². The number of aryl methyl sites for hydroxylation is 1. The molecule has 134 valence electrons. The first-order valence-electron chi connectivity index (χ1n) is 9.04. The fourth-order valence-corrected chi connectivity index (χ4v) is 4.15. The van der Waals surface area contributed by atoms with Crippen molar-refractivity contribution in [3.05, 3.63) is 125 Å². The number of alkyl halides is 1. The average Bonchev–Trinajstić information content (AvgIpc) is 3.12. The van der Waals surface area contributed by atoms with E-state index in [0.29, 0.717) is 5.88 Å². The van der Waals surface area contributed by atoms with Crippen LogP contribution in [0.3, 0.4) is 0 Å². The molecule has 3 heteroatoms. The van der Waals surface area contributed by atoms with Gasteiger partial charge < -0.3 is 4.57 Å². The van der Waals surface area contributed by atoms with Crippen molar-refractivity contribution < 1.29 is 0 Å². The third-order valence-electron chi connectivity index (χ3n) is 5.04. The second-order valence-electron chi connectivity index (χ2n) is 6.59. The summed E-state index contributed by atoms with van der Waals surface area (Å²) in [7, 11) is 0. The van der Waals surface area contributed by atoms with Gasteiger partial charge in [0.2, 0.25) is 0 Å². The molecule has 0 fully saturated rings. The van der Waals surface area contributed by atoms with Crippen molar-refractivity contribution in [3.63, 3.8) is 0 Å². The topological polar surface area (TPSA) is 17.8 Å². The maximum absolute atomic E-state index is 6.33. The van der Waals surface area contributed by atoms with Crippen molar-refractivity contribution in [1.82, 2.24) is 9.55 Å². The minimum absolute atomic E-state index is 0.349. The fraction of sp³-hybridized carbons (Fsp3) is 0.125. The number of nitrogens with zero attached hydrogens (tertiary/aromatic N) is 2. The maximum atomic E-state index is 6.33. The predicted molar refractivity (Wildman–Crippen MR) is 111 cm³/mol. The highest BCUT2D eigenvalue weighted by Crippen LogP contribution is 2.42. The van der Waals surface area contributed by atoms with Gasteiger partial charge in [-0.1, -0.05) is 91.0 Å². The van der Waals surface area contributed by atoms with Crippen molar-refractivity contribution in [1.29, 1.82) is 0 Å². The molecule has 3 aromatic carbocycles. The lowest BCUT2D eigenvalue weighted by molar-refractivity contribution is 0.489. The van der Waals surface area contributed by atoms with Gasteiger partial charge >= 0.3 is 0 Å². The van der Waals surface area contributed by atoms with Crippen LogP contribution >= 0.6 is 11.6 Å². The van der Waals surface area contributed by atoms with Gasteiger partial charge in [0.05, 0.1) is 5.88 Å². The first kappa shape index (κ1) is 17.6. The first-order chi connectivity index (χ1) is 13.3. The fourth-order valence-electron chi connectivity index (χ4n) is 3.96. The SMILES string of the molecule is Cc1cnc(CCl)n1C(c1ccccc1)(c1ccccc1)c1ccccc1. The predicted octanol–water partition coefficient (Wildman–Crippen LogP) is 5.77. The second-order valence-corrected chi connectivity index (χ2v) is 6.86. The van der Waals surface area contributed by atoms with Gasteiger partial charge in [0, 0.05) is 11.9 Å². The summed E-state index contributed by atoms with van der Waals surface area (Å²) >= 11 is 6.33. The van der Waals surface area contributed by atoms with E-state index >= 15 is 0 Å². The Kier molecular flexibility index (Phi) is 4.83. The van der Waals surface area contributed by atoms with Gasteiger partial charge in [-0.05, 0) is 23.6 Å². The Bertz CT molecular complexity index is 912. The van der Waals surface area contributed by atoms with Crippen LogP contribution in [0.25, 0.3) is 0 Å². The molecule has 27 heavy (non-hydrogen) atoms. The van der Waals surface area contributed by atoms with E-state index in [2.05, 4.69) is 89.3 Å². The van der Waals surface area contributed by atoms with Gasteiger partial charge in [0.1, 0.15) is 11.4 Å². The zero-order chi connectivity index (χ0) is 18.7. The van der Waals surface area contributed by atoms with Crippen LogP contribution in [0.2, 0.25) is 0 Å². The highest BCUT2D eigenvalue weighted by atomic mass is 35.5. The number of imidazole rings is 1. The number of hydrogen-bond acceptors (Lipinski definition) is 1. The monoisotopic (exact) mass is 372 g/mol. The van der Waals surface area contributed by atoms with Crippen LogP contribution in [-0.2, 0) is 11.4 Å². The Hall–Kier alpha value is -2.84. The molecule has 0 spiro atoms. The third kappa shape index (κ3) is 2.87. The lowest BCUT2D eigenvalue weighted by Crippen LogP contribution is -2.39. The molecule has 0 saturated heterocycles. The Balaban J connectivity index is 2.19. The van der Waals surface area contributed by atoms with Crippen molar-refractivity contribution in [2.24, 2.45) is 0 Å².